The first kappa shape index (κ1) is 18.1. The van der Waals surface area contributed by atoms with E-state index in [4.69, 9.17) is 0 Å². The molecule has 4 rings (SSSR count). The molecule has 2 heterocycles. The van der Waals surface area contributed by atoms with E-state index in [1.165, 1.54) is 6.33 Å². The number of nitrogens with one attached hydrogen (secondary N) is 1. The molecule has 2 aromatic rings. The van der Waals surface area contributed by atoms with Gasteiger partial charge in [-0.2, -0.15) is 5.10 Å². The highest BCUT2D eigenvalue weighted by Crippen LogP contribution is 2.34. The van der Waals surface area contributed by atoms with Crippen LogP contribution in [0.5, 0.6) is 0 Å². The van der Waals surface area contributed by atoms with Crippen molar-refractivity contribution in [2.75, 3.05) is 6.54 Å². The van der Waals surface area contributed by atoms with Gasteiger partial charge in [-0.1, -0.05) is 36.4 Å². The van der Waals surface area contributed by atoms with Crippen molar-refractivity contribution in [3.05, 3.63) is 60.2 Å². The molecule has 1 aliphatic carbocycles. The van der Waals surface area contributed by atoms with Crippen LogP contribution < -0.4 is 5.32 Å². The zero-order valence-corrected chi connectivity index (χ0v) is 15.3. The number of nitrogens with zero attached hydrogens (tertiary/aromatic N) is 4. The number of benzene rings is 1. The Morgan fingerprint density at radius 3 is 2.29 bits per heavy atom. The van der Waals surface area contributed by atoms with Crippen LogP contribution in [0.1, 0.15) is 24.0 Å². The second-order valence-electron chi connectivity index (χ2n) is 7.10. The molecule has 8 nitrogen and oxygen atoms in total. The van der Waals surface area contributed by atoms with E-state index in [-0.39, 0.29) is 36.1 Å². The van der Waals surface area contributed by atoms with Gasteiger partial charge >= 0.3 is 0 Å². The van der Waals surface area contributed by atoms with E-state index in [1.54, 1.807) is 11.0 Å². The summed E-state index contributed by atoms with van der Waals surface area (Å²) in [5.74, 6) is -1.40. The van der Waals surface area contributed by atoms with Crippen LogP contribution >= 0.6 is 0 Å². The van der Waals surface area contributed by atoms with Gasteiger partial charge in [0.25, 0.3) is 0 Å². The predicted octanol–water partition coefficient (Wildman–Crippen LogP) is 0.894. The number of allylic oxidation sites excluding steroid dienone is 2. The molecule has 0 spiro atoms. The molecule has 1 saturated heterocycles. The first-order valence-corrected chi connectivity index (χ1v) is 9.29. The number of hydrogen-bond acceptors (Lipinski definition) is 5. The normalized spacial score (nSPS) is 21.1. The Morgan fingerprint density at radius 2 is 1.68 bits per heavy atom. The van der Waals surface area contributed by atoms with Gasteiger partial charge in [0.15, 0.2) is 0 Å². The SMILES string of the molecule is O=C(CN1C(=O)C2CC=CCC2C1=O)NCc1ccc(Cn2cncn2)cc1. The van der Waals surface area contributed by atoms with Gasteiger partial charge in [0, 0.05) is 6.54 Å². The standard InChI is InChI=1S/C20H21N5O3/c26-18(11-25-19(27)16-3-1-2-4-17(16)20(25)28)22-9-14-5-7-15(8-6-14)10-24-13-21-12-23-24/h1-2,5-8,12-13,16-17H,3-4,9-11H2,(H,22,26). The molecule has 8 heteroatoms. The van der Waals surface area contributed by atoms with E-state index in [1.807, 2.05) is 36.4 Å². The molecule has 2 unspecified atom stereocenters. The highest BCUT2D eigenvalue weighted by Gasteiger charge is 2.47. The summed E-state index contributed by atoms with van der Waals surface area (Å²) in [7, 11) is 0. The molecule has 0 bridgehead atoms. The van der Waals surface area contributed by atoms with Crippen LogP contribution in [0.15, 0.2) is 49.1 Å². The van der Waals surface area contributed by atoms with E-state index in [9.17, 15) is 14.4 Å². The summed E-state index contributed by atoms with van der Waals surface area (Å²) in [6.07, 6.45) is 8.17. The molecule has 1 aliphatic heterocycles. The first-order valence-electron chi connectivity index (χ1n) is 9.29. The van der Waals surface area contributed by atoms with Crippen LogP contribution in [0.2, 0.25) is 0 Å². The van der Waals surface area contributed by atoms with Crippen molar-refractivity contribution in [3.63, 3.8) is 0 Å². The first-order chi connectivity index (χ1) is 13.6. The second kappa shape index (κ2) is 7.75. The maximum atomic E-state index is 12.4. The molecular formula is C20H21N5O3. The number of carbonyl (C=O) groups is 3. The smallest absolute Gasteiger partial charge is 0.240 e. The minimum Gasteiger partial charge on any atom is -0.350 e. The number of carbonyl (C=O) groups excluding carboxylic acids is 3. The highest BCUT2D eigenvalue weighted by molar-refractivity contribution is 6.07. The Labute approximate surface area is 162 Å². The van der Waals surface area contributed by atoms with Gasteiger partial charge in [-0.25, -0.2) is 9.67 Å². The Hall–Kier alpha value is -3.29. The monoisotopic (exact) mass is 379 g/mol. The zero-order chi connectivity index (χ0) is 19.5. The van der Waals surface area contributed by atoms with Crippen molar-refractivity contribution in [2.24, 2.45) is 11.8 Å². The summed E-state index contributed by atoms with van der Waals surface area (Å²) >= 11 is 0. The molecule has 3 amide bonds. The molecule has 2 aliphatic rings. The lowest BCUT2D eigenvalue weighted by molar-refractivity contribution is -0.143. The average molecular weight is 379 g/mol. The molecule has 0 saturated carbocycles. The average Bonchev–Trinajstić information content (AvgIpc) is 3.31. The molecule has 0 radical (unpaired) electrons. The van der Waals surface area contributed by atoms with Crippen LogP contribution in [0.25, 0.3) is 0 Å². The summed E-state index contributed by atoms with van der Waals surface area (Å²) in [6.45, 7) is 0.755. The van der Waals surface area contributed by atoms with Gasteiger partial charge in [-0.3, -0.25) is 19.3 Å². The fraction of sp³-hybridized carbons (Fsp3) is 0.350. The third-order valence-electron chi connectivity index (χ3n) is 5.22. The number of rotatable bonds is 6. The van der Waals surface area contributed by atoms with E-state index in [0.29, 0.717) is 25.9 Å². The van der Waals surface area contributed by atoms with Gasteiger partial charge in [0.05, 0.1) is 18.4 Å². The molecule has 144 valence electrons. The molecule has 2 atom stereocenters. The Kier molecular flexibility index (Phi) is 5.01. The Balaban J connectivity index is 1.29. The summed E-state index contributed by atoms with van der Waals surface area (Å²) in [4.78, 5) is 42.1. The van der Waals surface area contributed by atoms with E-state index < -0.39 is 0 Å². The third-order valence-corrected chi connectivity index (χ3v) is 5.22. The van der Waals surface area contributed by atoms with Gasteiger partial charge in [0.2, 0.25) is 17.7 Å². The lowest BCUT2D eigenvalue weighted by Crippen LogP contribution is -2.40. The van der Waals surface area contributed by atoms with Crippen LogP contribution in [0, 0.1) is 11.8 Å². The summed E-state index contributed by atoms with van der Waals surface area (Å²) in [6, 6.07) is 7.79. The highest BCUT2D eigenvalue weighted by atomic mass is 16.2. The minimum absolute atomic E-state index is 0.213. The molecule has 1 aromatic carbocycles. The quantitative estimate of drug-likeness (QED) is 0.594. The predicted molar refractivity (Wildman–Crippen MR) is 99.5 cm³/mol. The summed E-state index contributed by atoms with van der Waals surface area (Å²) in [5.41, 5.74) is 2.01. The maximum Gasteiger partial charge on any atom is 0.240 e. The van der Waals surface area contributed by atoms with Crippen LogP contribution in [-0.2, 0) is 27.5 Å². The molecule has 1 fully saturated rings. The molecular weight excluding hydrogens is 358 g/mol. The van der Waals surface area contributed by atoms with Gasteiger partial charge in [-0.05, 0) is 24.0 Å². The van der Waals surface area contributed by atoms with Gasteiger partial charge in [0.1, 0.15) is 19.2 Å². The maximum absolute atomic E-state index is 12.4. The van der Waals surface area contributed by atoms with Crippen molar-refractivity contribution in [3.8, 4) is 0 Å². The number of aromatic nitrogens is 3. The Bertz CT molecular complexity index is 878. The molecule has 1 aromatic heterocycles. The fourth-order valence-electron chi connectivity index (χ4n) is 3.69. The third kappa shape index (κ3) is 3.71. The van der Waals surface area contributed by atoms with Crippen molar-refractivity contribution >= 4 is 17.7 Å². The number of imide groups is 1. The number of fused-ring (bicyclic) bond motifs is 1. The van der Waals surface area contributed by atoms with Crippen LogP contribution in [0.4, 0.5) is 0 Å². The van der Waals surface area contributed by atoms with E-state index >= 15 is 0 Å². The van der Waals surface area contributed by atoms with Crippen molar-refractivity contribution in [1.29, 1.82) is 0 Å². The van der Waals surface area contributed by atoms with Crippen molar-refractivity contribution in [2.45, 2.75) is 25.9 Å². The van der Waals surface area contributed by atoms with Crippen LogP contribution in [0.3, 0.4) is 0 Å². The molecule has 1 N–H and O–H groups in total. The van der Waals surface area contributed by atoms with Gasteiger partial charge < -0.3 is 5.32 Å². The number of likely N-dealkylation sites (tertiary alicyclic amines) is 1. The lowest BCUT2D eigenvalue weighted by atomic mass is 9.85. The lowest BCUT2D eigenvalue weighted by Gasteiger charge is -2.14. The fourth-order valence-corrected chi connectivity index (χ4v) is 3.69. The minimum atomic E-state index is -0.333. The number of hydrogen-bond donors (Lipinski definition) is 1. The van der Waals surface area contributed by atoms with Crippen LogP contribution in [-0.4, -0.2) is 43.9 Å². The summed E-state index contributed by atoms with van der Waals surface area (Å²) < 4.78 is 1.73. The number of amides is 3. The summed E-state index contributed by atoms with van der Waals surface area (Å²) in [5, 5.41) is 6.85. The van der Waals surface area contributed by atoms with Crippen molar-refractivity contribution in [1.82, 2.24) is 25.0 Å². The molecule has 28 heavy (non-hydrogen) atoms. The van der Waals surface area contributed by atoms with Crippen molar-refractivity contribution < 1.29 is 14.4 Å². The van der Waals surface area contributed by atoms with E-state index in [0.717, 1.165) is 16.0 Å². The van der Waals surface area contributed by atoms with Gasteiger partial charge in [-0.15, -0.1) is 0 Å². The largest absolute Gasteiger partial charge is 0.350 e. The zero-order valence-electron chi connectivity index (χ0n) is 15.3. The second-order valence-corrected chi connectivity index (χ2v) is 7.10. The Morgan fingerprint density at radius 1 is 1.04 bits per heavy atom. The van der Waals surface area contributed by atoms with E-state index in [2.05, 4.69) is 15.4 Å². The topological polar surface area (TPSA) is 97.2 Å².